The standard InChI is InChI=1S/C13H14N2O4/c1-9-11(5-2-6-12(9)15(18)19)13(17)14-7-3-4-10(16)8-14/h2,5-6H,3-4,7-8H2,1H3. The Hall–Kier alpha value is -2.24. The van der Waals surface area contributed by atoms with Gasteiger partial charge in [-0.05, 0) is 19.4 Å². The number of nitrogens with zero attached hydrogens (tertiary/aromatic N) is 2. The van der Waals surface area contributed by atoms with Crippen molar-refractivity contribution in [3.8, 4) is 0 Å². The van der Waals surface area contributed by atoms with E-state index < -0.39 is 4.92 Å². The van der Waals surface area contributed by atoms with Crippen LogP contribution in [-0.4, -0.2) is 34.6 Å². The van der Waals surface area contributed by atoms with Crippen LogP contribution >= 0.6 is 0 Å². The third-order valence-electron chi connectivity index (χ3n) is 3.27. The molecule has 0 N–H and O–H groups in total. The number of rotatable bonds is 2. The largest absolute Gasteiger partial charge is 0.331 e. The van der Waals surface area contributed by atoms with Crippen molar-refractivity contribution in [1.29, 1.82) is 0 Å². The van der Waals surface area contributed by atoms with Crippen LogP contribution in [0.15, 0.2) is 18.2 Å². The van der Waals surface area contributed by atoms with E-state index in [-0.39, 0.29) is 23.9 Å². The lowest BCUT2D eigenvalue weighted by Gasteiger charge is -2.26. The van der Waals surface area contributed by atoms with E-state index in [0.29, 0.717) is 30.5 Å². The number of benzene rings is 1. The van der Waals surface area contributed by atoms with Gasteiger partial charge in [0.2, 0.25) is 0 Å². The minimum atomic E-state index is -0.506. The van der Waals surface area contributed by atoms with Crippen LogP contribution in [-0.2, 0) is 4.79 Å². The molecule has 1 aliphatic heterocycles. The van der Waals surface area contributed by atoms with Gasteiger partial charge in [-0.3, -0.25) is 19.7 Å². The van der Waals surface area contributed by atoms with Crippen LogP contribution in [0.1, 0.15) is 28.8 Å². The number of ketones is 1. The molecular weight excluding hydrogens is 248 g/mol. The predicted octanol–water partition coefficient (Wildman–Crippen LogP) is 1.71. The average Bonchev–Trinajstić information content (AvgIpc) is 2.38. The number of hydrogen-bond donors (Lipinski definition) is 0. The van der Waals surface area contributed by atoms with E-state index in [1.54, 1.807) is 13.0 Å². The van der Waals surface area contributed by atoms with Gasteiger partial charge in [0, 0.05) is 30.2 Å². The summed E-state index contributed by atoms with van der Waals surface area (Å²) in [6, 6.07) is 4.42. The van der Waals surface area contributed by atoms with Crippen molar-refractivity contribution in [2.45, 2.75) is 19.8 Å². The molecular formula is C13H14N2O4. The minimum absolute atomic E-state index is 0.0303. The second-order valence-electron chi connectivity index (χ2n) is 4.58. The number of hydrogen-bond acceptors (Lipinski definition) is 4. The molecule has 0 aromatic heterocycles. The molecule has 1 amide bonds. The highest BCUT2D eigenvalue weighted by Crippen LogP contribution is 2.23. The summed E-state index contributed by atoms with van der Waals surface area (Å²) < 4.78 is 0. The predicted molar refractivity (Wildman–Crippen MR) is 68.0 cm³/mol. The highest BCUT2D eigenvalue weighted by atomic mass is 16.6. The van der Waals surface area contributed by atoms with Gasteiger partial charge in [0.15, 0.2) is 5.78 Å². The topological polar surface area (TPSA) is 80.5 Å². The molecule has 1 aromatic rings. The first-order valence-corrected chi connectivity index (χ1v) is 6.05. The first-order chi connectivity index (χ1) is 9.00. The van der Waals surface area contributed by atoms with E-state index in [9.17, 15) is 19.7 Å². The van der Waals surface area contributed by atoms with Crippen LogP contribution in [0.25, 0.3) is 0 Å². The highest BCUT2D eigenvalue weighted by Gasteiger charge is 2.25. The zero-order valence-corrected chi connectivity index (χ0v) is 10.6. The zero-order valence-electron chi connectivity index (χ0n) is 10.6. The molecule has 0 spiro atoms. The number of nitro benzene ring substituents is 1. The summed E-state index contributed by atoms with van der Waals surface area (Å²) in [5.41, 5.74) is 0.564. The Balaban J connectivity index is 2.31. The van der Waals surface area contributed by atoms with Gasteiger partial charge in [-0.25, -0.2) is 0 Å². The van der Waals surface area contributed by atoms with Crippen molar-refractivity contribution in [2.24, 2.45) is 0 Å². The number of carbonyl (C=O) groups excluding carboxylic acids is 2. The Kier molecular flexibility index (Phi) is 3.59. The van der Waals surface area contributed by atoms with Gasteiger partial charge < -0.3 is 4.90 Å². The SMILES string of the molecule is Cc1c(C(=O)N2CCCC(=O)C2)cccc1[N+](=O)[O-]. The summed E-state index contributed by atoms with van der Waals surface area (Å²) in [6.07, 6.45) is 1.15. The smallest absolute Gasteiger partial charge is 0.273 e. The first kappa shape index (κ1) is 13.2. The number of Topliss-reactive ketones (excluding diaryl/α,β-unsaturated/α-hetero) is 1. The molecule has 2 rings (SSSR count). The molecule has 0 bridgehead atoms. The summed E-state index contributed by atoms with van der Waals surface area (Å²) in [5, 5.41) is 10.9. The van der Waals surface area contributed by atoms with Crippen LogP contribution < -0.4 is 0 Å². The number of nitro groups is 1. The maximum absolute atomic E-state index is 12.3. The van der Waals surface area contributed by atoms with Crippen molar-refractivity contribution in [3.63, 3.8) is 0 Å². The molecule has 100 valence electrons. The third-order valence-corrected chi connectivity index (χ3v) is 3.27. The van der Waals surface area contributed by atoms with Crippen molar-refractivity contribution >= 4 is 17.4 Å². The molecule has 0 saturated carbocycles. The van der Waals surface area contributed by atoms with Gasteiger partial charge in [0.25, 0.3) is 11.6 Å². The molecule has 0 radical (unpaired) electrons. The normalized spacial score (nSPS) is 15.4. The third kappa shape index (κ3) is 2.62. The van der Waals surface area contributed by atoms with E-state index in [0.717, 1.165) is 0 Å². The van der Waals surface area contributed by atoms with Crippen LogP contribution in [0, 0.1) is 17.0 Å². The minimum Gasteiger partial charge on any atom is -0.331 e. The van der Waals surface area contributed by atoms with Gasteiger partial charge >= 0.3 is 0 Å². The fraction of sp³-hybridized carbons (Fsp3) is 0.385. The Morgan fingerprint density at radius 2 is 2.16 bits per heavy atom. The monoisotopic (exact) mass is 262 g/mol. The molecule has 1 aliphatic rings. The van der Waals surface area contributed by atoms with Crippen molar-refractivity contribution in [1.82, 2.24) is 4.90 Å². The second kappa shape index (κ2) is 5.17. The van der Waals surface area contributed by atoms with Gasteiger partial charge in [-0.15, -0.1) is 0 Å². The number of piperidine rings is 1. The van der Waals surface area contributed by atoms with Crippen LogP contribution in [0.3, 0.4) is 0 Å². The van der Waals surface area contributed by atoms with Crippen LogP contribution in [0.4, 0.5) is 5.69 Å². The van der Waals surface area contributed by atoms with Crippen molar-refractivity contribution in [3.05, 3.63) is 39.4 Å². The molecule has 0 aliphatic carbocycles. The fourth-order valence-electron chi connectivity index (χ4n) is 2.23. The molecule has 0 unspecified atom stereocenters. The van der Waals surface area contributed by atoms with Crippen molar-refractivity contribution < 1.29 is 14.5 Å². The Morgan fingerprint density at radius 1 is 1.42 bits per heavy atom. The second-order valence-corrected chi connectivity index (χ2v) is 4.58. The number of amides is 1. The summed E-state index contributed by atoms with van der Waals surface area (Å²) >= 11 is 0. The molecule has 6 nitrogen and oxygen atoms in total. The Morgan fingerprint density at radius 3 is 2.79 bits per heavy atom. The summed E-state index contributed by atoms with van der Waals surface area (Å²) in [6.45, 7) is 2.17. The quantitative estimate of drug-likeness (QED) is 0.600. The molecule has 1 heterocycles. The fourth-order valence-corrected chi connectivity index (χ4v) is 2.23. The summed E-state index contributed by atoms with van der Waals surface area (Å²) in [5.74, 6) is -0.281. The van der Waals surface area contributed by atoms with Crippen LogP contribution in [0.2, 0.25) is 0 Å². The maximum atomic E-state index is 12.3. The Bertz CT molecular complexity index is 554. The van der Waals surface area contributed by atoms with E-state index in [4.69, 9.17) is 0 Å². The average molecular weight is 262 g/mol. The van der Waals surface area contributed by atoms with Crippen LogP contribution in [0.5, 0.6) is 0 Å². The molecule has 19 heavy (non-hydrogen) atoms. The van der Waals surface area contributed by atoms with Crippen molar-refractivity contribution in [2.75, 3.05) is 13.1 Å². The van der Waals surface area contributed by atoms with Gasteiger partial charge in [-0.2, -0.15) is 0 Å². The molecule has 1 aromatic carbocycles. The highest BCUT2D eigenvalue weighted by molar-refractivity contribution is 5.99. The van der Waals surface area contributed by atoms with Gasteiger partial charge in [-0.1, -0.05) is 6.07 Å². The lowest BCUT2D eigenvalue weighted by Crippen LogP contribution is -2.40. The first-order valence-electron chi connectivity index (χ1n) is 6.05. The zero-order chi connectivity index (χ0) is 14.0. The van der Waals surface area contributed by atoms with E-state index >= 15 is 0 Å². The van der Waals surface area contributed by atoms with E-state index in [2.05, 4.69) is 0 Å². The molecule has 1 saturated heterocycles. The number of carbonyl (C=O) groups is 2. The van der Waals surface area contributed by atoms with E-state index in [1.807, 2.05) is 0 Å². The Labute approximate surface area is 110 Å². The lowest BCUT2D eigenvalue weighted by atomic mass is 10.0. The van der Waals surface area contributed by atoms with E-state index in [1.165, 1.54) is 17.0 Å². The summed E-state index contributed by atoms with van der Waals surface area (Å²) in [7, 11) is 0. The molecule has 0 atom stereocenters. The number of likely N-dealkylation sites (tertiary alicyclic amines) is 1. The summed E-state index contributed by atoms with van der Waals surface area (Å²) in [4.78, 5) is 35.5. The molecule has 1 fully saturated rings. The maximum Gasteiger partial charge on any atom is 0.273 e. The van der Waals surface area contributed by atoms with Gasteiger partial charge in [0.05, 0.1) is 11.5 Å². The molecule has 6 heteroatoms. The van der Waals surface area contributed by atoms with Gasteiger partial charge in [0.1, 0.15) is 0 Å². The lowest BCUT2D eigenvalue weighted by molar-refractivity contribution is -0.385.